The van der Waals surface area contributed by atoms with Crippen LogP contribution in [0.5, 0.6) is 0 Å². The van der Waals surface area contributed by atoms with E-state index in [1.54, 1.807) is 6.92 Å². The Labute approximate surface area is 378 Å². The van der Waals surface area contributed by atoms with Gasteiger partial charge in [0.05, 0.1) is 0 Å². The molecule has 0 radical (unpaired) electrons. The molecule has 0 aromatic carbocycles. The standard InChI is InChI=1S/C40H57NO25/c1-12-52-38-29(41-16(2)42)33(57-21(7)47)30(26(62-38)13-53-17(3)43)65-39-37(61-25(11)51)35(59-23(9)49)32(28(64-39)15-55-19(5)45)66-40-36(60-24(10)50)34(58-22(8)48)31(56-20(6)46)27(63-40)14-54-18(4)44/h26-40H,12-15H2,1-11H3,(H,41,42)/t26-,27+,28+,29-,30-,31+,32+,33-,34-,35-,36+,37+,38-,39-,40-/m1/s1. The van der Waals surface area contributed by atoms with Crippen LogP contribution in [0.1, 0.15) is 76.2 Å². The molecule has 3 aliphatic rings. The van der Waals surface area contributed by atoms with Crippen molar-refractivity contribution in [1.29, 1.82) is 0 Å². The number of nitrogens with one attached hydrogen (secondary N) is 1. The second kappa shape index (κ2) is 25.4. The van der Waals surface area contributed by atoms with E-state index < -0.39 is 172 Å². The zero-order valence-electron chi connectivity index (χ0n) is 38.2. The summed E-state index contributed by atoms with van der Waals surface area (Å²) in [7, 11) is 0. The lowest BCUT2D eigenvalue weighted by Gasteiger charge is -2.50. The molecule has 0 saturated carbocycles. The fourth-order valence-corrected chi connectivity index (χ4v) is 7.16. The molecular weight excluding hydrogens is 894 g/mol. The van der Waals surface area contributed by atoms with Crippen LogP contribution in [0.15, 0.2) is 0 Å². The van der Waals surface area contributed by atoms with Crippen LogP contribution in [0, 0.1) is 0 Å². The summed E-state index contributed by atoms with van der Waals surface area (Å²) in [6.45, 7) is 9.92. The van der Waals surface area contributed by atoms with E-state index in [9.17, 15) is 47.9 Å². The molecule has 3 aliphatic heterocycles. The maximum atomic E-state index is 13.0. The zero-order valence-corrected chi connectivity index (χ0v) is 38.2. The van der Waals surface area contributed by atoms with Gasteiger partial charge >= 0.3 is 53.7 Å². The van der Waals surface area contributed by atoms with Crippen molar-refractivity contribution >= 4 is 59.6 Å². The number of hydrogen-bond acceptors (Lipinski definition) is 25. The van der Waals surface area contributed by atoms with E-state index in [4.69, 9.17) is 71.1 Å². The molecule has 1 amide bonds. The normalized spacial score (nSPS) is 31.7. The van der Waals surface area contributed by atoms with Gasteiger partial charge in [0, 0.05) is 75.8 Å². The molecule has 3 rings (SSSR count). The molecule has 372 valence electrons. The first-order valence-electron chi connectivity index (χ1n) is 20.5. The summed E-state index contributed by atoms with van der Waals surface area (Å²) >= 11 is 0. The van der Waals surface area contributed by atoms with Gasteiger partial charge in [0.2, 0.25) is 5.91 Å². The molecule has 26 nitrogen and oxygen atoms in total. The van der Waals surface area contributed by atoms with Gasteiger partial charge in [-0.3, -0.25) is 47.9 Å². The third-order valence-corrected chi connectivity index (χ3v) is 9.28. The van der Waals surface area contributed by atoms with Gasteiger partial charge in [-0.05, 0) is 6.92 Å². The molecule has 3 saturated heterocycles. The summed E-state index contributed by atoms with van der Waals surface area (Å²) in [5, 5.41) is 2.60. The highest BCUT2D eigenvalue weighted by Crippen LogP contribution is 2.38. The average molecular weight is 952 g/mol. The Kier molecular flexibility index (Phi) is 21.1. The van der Waals surface area contributed by atoms with Gasteiger partial charge in [-0.1, -0.05) is 0 Å². The minimum Gasteiger partial charge on any atom is -0.463 e. The fraction of sp³-hybridized carbons (Fsp3) is 0.750. The van der Waals surface area contributed by atoms with Gasteiger partial charge in [-0.25, -0.2) is 0 Å². The van der Waals surface area contributed by atoms with E-state index in [-0.39, 0.29) is 6.61 Å². The maximum Gasteiger partial charge on any atom is 0.303 e. The van der Waals surface area contributed by atoms with Crippen molar-refractivity contribution in [1.82, 2.24) is 5.32 Å². The van der Waals surface area contributed by atoms with Crippen molar-refractivity contribution in [2.75, 3.05) is 26.4 Å². The number of amides is 1. The van der Waals surface area contributed by atoms with Crippen LogP contribution in [-0.4, -0.2) is 178 Å². The van der Waals surface area contributed by atoms with Crippen molar-refractivity contribution in [3.05, 3.63) is 0 Å². The molecule has 1 N–H and O–H groups in total. The van der Waals surface area contributed by atoms with Gasteiger partial charge < -0.3 is 76.4 Å². The third kappa shape index (κ3) is 16.4. The summed E-state index contributed by atoms with van der Waals surface area (Å²) in [6, 6.07) is -1.32. The fourth-order valence-electron chi connectivity index (χ4n) is 7.16. The lowest BCUT2D eigenvalue weighted by Crippen LogP contribution is -2.70. The van der Waals surface area contributed by atoms with Gasteiger partial charge in [0.15, 0.2) is 55.5 Å². The van der Waals surface area contributed by atoms with E-state index >= 15 is 0 Å². The summed E-state index contributed by atoms with van der Waals surface area (Å²) < 4.78 is 86.4. The Hall–Kier alpha value is -5.54. The molecule has 15 atom stereocenters. The first-order valence-corrected chi connectivity index (χ1v) is 20.5. The van der Waals surface area contributed by atoms with Crippen LogP contribution >= 0.6 is 0 Å². The molecule has 3 heterocycles. The van der Waals surface area contributed by atoms with Gasteiger partial charge in [-0.2, -0.15) is 0 Å². The number of rotatable bonds is 19. The lowest BCUT2D eigenvalue weighted by atomic mass is 9.94. The Balaban J connectivity index is 2.29. The van der Waals surface area contributed by atoms with Gasteiger partial charge in [-0.15, -0.1) is 0 Å². The summed E-state index contributed by atoms with van der Waals surface area (Å²) in [6.07, 6.45) is -23.9. The van der Waals surface area contributed by atoms with Crippen molar-refractivity contribution in [3.63, 3.8) is 0 Å². The predicted molar refractivity (Wildman–Crippen MR) is 208 cm³/mol. The number of esters is 9. The topological polar surface area (TPSA) is 321 Å². The maximum absolute atomic E-state index is 13.0. The quantitative estimate of drug-likeness (QED) is 0.117. The molecule has 0 aromatic heterocycles. The highest BCUT2D eigenvalue weighted by Gasteiger charge is 2.59. The van der Waals surface area contributed by atoms with E-state index in [0.717, 1.165) is 69.2 Å². The Morgan fingerprint density at radius 1 is 0.379 bits per heavy atom. The Morgan fingerprint density at radius 3 is 1.03 bits per heavy atom. The monoisotopic (exact) mass is 951 g/mol. The lowest BCUT2D eigenvalue weighted by molar-refractivity contribution is -0.375. The third-order valence-electron chi connectivity index (χ3n) is 9.28. The Bertz CT molecular complexity index is 1770. The molecule has 3 fully saturated rings. The van der Waals surface area contributed by atoms with Gasteiger partial charge in [0.1, 0.15) is 56.4 Å². The zero-order chi connectivity index (χ0) is 49.6. The largest absolute Gasteiger partial charge is 0.463 e. The molecule has 26 heteroatoms. The molecule has 0 spiro atoms. The van der Waals surface area contributed by atoms with Crippen LogP contribution in [0.4, 0.5) is 0 Å². The first kappa shape index (κ1) is 54.8. The first-order chi connectivity index (χ1) is 30.9. The highest BCUT2D eigenvalue weighted by atomic mass is 16.8. The van der Waals surface area contributed by atoms with Crippen molar-refractivity contribution in [2.45, 2.75) is 168 Å². The van der Waals surface area contributed by atoms with E-state index in [2.05, 4.69) is 5.32 Å². The van der Waals surface area contributed by atoms with Crippen molar-refractivity contribution in [2.24, 2.45) is 0 Å². The number of ether oxygens (including phenoxy) is 15. The molecule has 0 unspecified atom stereocenters. The average Bonchev–Trinajstić information content (AvgIpc) is 3.17. The minimum absolute atomic E-state index is 0.0163. The smallest absolute Gasteiger partial charge is 0.303 e. The van der Waals surface area contributed by atoms with Crippen molar-refractivity contribution in [3.8, 4) is 0 Å². The number of hydrogen-bond donors (Lipinski definition) is 1. The van der Waals surface area contributed by atoms with Crippen LogP contribution in [0.2, 0.25) is 0 Å². The minimum atomic E-state index is -1.96. The van der Waals surface area contributed by atoms with Gasteiger partial charge in [0.25, 0.3) is 0 Å². The molecular formula is C40H57NO25. The van der Waals surface area contributed by atoms with E-state index in [1.165, 1.54) is 0 Å². The van der Waals surface area contributed by atoms with Crippen LogP contribution in [-0.2, 0) is 119 Å². The van der Waals surface area contributed by atoms with Crippen molar-refractivity contribution < 1.29 is 119 Å². The summed E-state index contributed by atoms with van der Waals surface area (Å²) in [5.74, 6) is -8.94. The second-order valence-electron chi connectivity index (χ2n) is 14.9. The summed E-state index contributed by atoms with van der Waals surface area (Å²) in [5.41, 5.74) is 0. The predicted octanol–water partition coefficient (Wildman–Crippen LogP) is -1.25. The van der Waals surface area contributed by atoms with E-state index in [1.807, 2.05) is 0 Å². The summed E-state index contributed by atoms with van der Waals surface area (Å²) in [4.78, 5) is 125. The molecule has 0 aliphatic carbocycles. The molecule has 0 aromatic rings. The highest BCUT2D eigenvalue weighted by molar-refractivity contribution is 5.74. The Morgan fingerprint density at radius 2 is 0.682 bits per heavy atom. The number of carbonyl (C=O) groups is 10. The molecule has 66 heavy (non-hydrogen) atoms. The number of carbonyl (C=O) groups excluding carboxylic acids is 10. The van der Waals surface area contributed by atoms with Crippen LogP contribution in [0.3, 0.4) is 0 Å². The molecule has 0 bridgehead atoms. The van der Waals surface area contributed by atoms with Crippen LogP contribution in [0.25, 0.3) is 0 Å². The van der Waals surface area contributed by atoms with E-state index in [0.29, 0.717) is 0 Å². The second-order valence-corrected chi connectivity index (χ2v) is 14.9. The SMILES string of the molecule is CCO[C@@H]1O[C@H](COC(C)=O)[C@@H](O[C@H]2O[C@@H](COC(C)=O)[C@H](O[C@H]3O[C@@H](COC(C)=O)[C@H](OC(C)=O)[C@@H](OC(C)=O)[C@@H]3OC(C)=O)[C@@H](OC(C)=O)[C@@H]2OC(C)=O)[C@H](OC(C)=O)[C@H]1NC(C)=O. The van der Waals surface area contributed by atoms with Crippen LogP contribution < -0.4 is 5.32 Å².